The van der Waals surface area contributed by atoms with E-state index < -0.39 is 5.66 Å². The second-order valence-corrected chi connectivity index (χ2v) is 8.04. The minimum atomic E-state index is -0.684. The quantitative estimate of drug-likeness (QED) is 0.806. The summed E-state index contributed by atoms with van der Waals surface area (Å²) in [6.07, 6.45) is 4.48. The maximum absolute atomic E-state index is 13.3. The van der Waals surface area contributed by atoms with Gasteiger partial charge in [0.15, 0.2) is 0 Å². The maximum Gasteiger partial charge on any atom is 0.275 e. The average molecular weight is 421 g/mol. The summed E-state index contributed by atoms with van der Waals surface area (Å²) in [6.45, 7) is -0.112. The molecule has 1 N–H and O–H groups in total. The third kappa shape index (κ3) is 3.81. The van der Waals surface area contributed by atoms with Crippen molar-refractivity contribution >= 4 is 34.8 Å². The number of rotatable bonds is 4. The summed E-state index contributed by atoms with van der Waals surface area (Å²) in [4.78, 5) is 32.6. The first-order valence-electron chi connectivity index (χ1n) is 9.99. The highest BCUT2D eigenvalue weighted by molar-refractivity contribution is 6.47. The van der Waals surface area contributed by atoms with Crippen LogP contribution in [0.2, 0.25) is 5.02 Å². The van der Waals surface area contributed by atoms with E-state index in [4.69, 9.17) is 16.6 Å². The van der Waals surface area contributed by atoms with Crippen LogP contribution >= 0.6 is 11.6 Å². The molecule has 2 aliphatic rings. The van der Waals surface area contributed by atoms with Crippen molar-refractivity contribution in [3.63, 3.8) is 0 Å². The van der Waals surface area contributed by atoms with E-state index >= 15 is 0 Å². The Kier molecular flexibility index (Phi) is 5.56. The summed E-state index contributed by atoms with van der Waals surface area (Å²) in [5.41, 5.74) is 1.21. The van der Waals surface area contributed by atoms with Gasteiger partial charge in [0.05, 0.1) is 11.3 Å². The first kappa shape index (κ1) is 20.1. The fourth-order valence-electron chi connectivity index (χ4n) is 4.17. The molecule has 4 rings (SSSR count). The van der Waals surface area contributed by atoms with Crippen molar-refractivity contribution in [1.29, 1.82) is 5.26 Å². The summed E-state index contributed by atoms with van der Waals surface area (Å²) in [6, 6.07) is 15.9. The predicted octanol–water partition coefficient (Wildman–Crippen LogP) is 4.14. The van der Waals surface area contributed by atoms with Crippen LogP contribution in [-0.4, -0.2) is 34.6 Å². The molecule has 0 saturated heterocycles. The Bertz CT molecular complexity index is 1050. The van der Waals surface area contributed by atoms with Gasteiger partial charge in [0.2, 0.25) is 5.91 Å². The number of carbonyl (C=O) groups is 2. The summed E-state index contributed by atoms with van der Waals surface area (Å²) in [7, 11) is 0. The van der Waals surface area contributed by atoms with Crippen LogP contribution in [-0.2, 0) is 9.59 Å². The minimum absolute atomic E-state index is 0.112. The van der Waals surface area contributed by atoms with Gasteiger partial charge in [0, 0.05) is 10.6 Å². The van der Waals surface area contributed by atoms with Gasteiger partial charge in [-0.05, 0) is 49.9 Å². The van der Waals surface area contributed by atoms with Crippen LogP contribution in [0.1, 0.15) is 43.2 Å². The summed E-state index contributed by atoms with van der Waals surface area (Å²) in [5, 5.41) is 12.6. The van der Waals surface area contributed by atoms with E-state index in [1.165, 1.54) is 0 Å². The number of hydrogen-bond donors (Lipinski definition) is 1. The molecule has 0 atom stereocenters. The third-order valence-corrected chi connectivity index (χ3v) is 5.92. The van der Waals surface area contributed by atoms with Crippen molar-refractivity contribution < 1.29 is 9.59 Å². The predicted molar refractivity (Wildman–Crippen MR) is 115 cm³/mol. The molecule has 0 radical (unpaired) electrons. The number of aliphatic imine (C=N–C) groups is 1. The van der Waals surface area contributed by atoms with Gasteiger partial charge >= 0.3 is 0 Å². The molecule has 1 fully saturated rings. The number of carbonyl (C=O) groups excluding carboxylic acids is 2. The van der Waals surface area contributed by atoms with E-state index in [-0.39, 0.29) is 18.4 Å². The number of amides is 2. The first-order valence-corrected chi connectivity index (χ1v) is 10.4. The molecule has 1 heterocycles. The molecule has 2 amide bonds. The van der Waals surface area contributed by atoms with Crippen LogP contribution in [0.5, 0.6) is 0 Å². The van der Waals surface area contributed by atoms with Crippen LogP contribution < -0.4 is 5.32 Å². The second-order valence-electron chi connectivity index (χ2n) is 7.61. The number of para-hydroxylation sites is 1. The molecule has 1 aliphatic heterocycles. The van der Waals surface area contributed by atoms with Crippen molar-refractivity contribution in [3.05, 3.63) is 64.7 Å². The molecular formula is C23H21ClN4O2. The smallest absolute Gasteiger partial charge is 0.275 e. The zero-order valence-corrected chi connectivity index (χ0v) is 17.2. The van der Waals surface area contributed by atoms with E-state index in [9.17, 15) is 14.9 Å². The second kappa shape index (κ2) is 8.29. The number of anilines is 1. The Labute approximate surface area is 180 Å². The Hall–Kier alpha value is -3.17. The molecule has 6 nitrogen and oxygen atoms in total. The lowest BCUT2D eigenvalue weighted by Crippen LogP contribution is -2.51. The molecular weight excluding hydrogens is 400 g/mol. The maximum atomic E-state index is 13.3. The topological polar surface area (TPSA) is 85.6 Å². The molecule has 0 unspecified atom stereocenters. The average Bonchev–Trinajstić information content (AvgIpc) is 3.01. The van der Waals surface area contributed by atoms with Crippen LogP contribution in [0.4, 0.5) is 5.69 Å². The van der Waals surface area contributed by atoms with Crippen molar-refractivity contribution in [2.75, 3.05) is 11.9 Å². The molecule has 152 valence electrons. The molecule has 7 heteroatoms. The normalized spacial score (nSPS) is 17.5. The Balaban J connectivity index is 1.60. The van der Waals surface area contributed by atoms with Crippen molar-refractivity contribution in [2.45, 2.75) is 37.8 Å². The van der Waals surface area contributed by atoms with E-state index in [1.54, 1.807) is 53.4 Å². The van der Waals surface area contributed by atoms with Gasteiger partial charge in [-0.2, -0.15) is 5.26 Å². The van der Waals surface area contributed by atoms with Crippen LogP contribution in [0.15, 0.2) is 53.5 Å². The van der Waals surface area contributed by atoms with E-state index in [2.05, 4.69) is 11.4 Å². The zero-order valence-electron chi connectivity index (χ0n) is 16.4. The number of hydrogen-bond acceptors (Lipinski definition) is 4. The summed E-state index contributed by atoms with van der Waals surface area (Å²) in [5.74, 6) is -0.591. The van der Waals surface area contributed by atoms with E-state index in [1.807, 2.05) is 0 Å². The summed E-state index contributed by atoms with van der Waals surface area (Å²) >= 11 is 5.99. The third-order valence-electron chi connectivity index (χ3n) is 5.67. The molecule has 0 aromatic heterocycles. The minimum Gasteiger partial charge on any atom is -0.323 e. The SMILES string of the molecule is N#Cc1ccccc1NC(=O)CN1C(=O)C(c2ccc(Cl)cc2)=NC12CCCCC2. The van der Waals surface area contributed by atoms with E-state index in [0.717, 1.165) is 32.1 Å². The standard InChI is InChI=1S/C23H21ClN4O2/c24-18-10-8-16(9-11-18)21-22(30)28(23(27-21)12-4-1-5-13-23)15-20(29)26-19-7-3-2-6-17(19)14-25/h2-3,6-11H,1,4-5,12-13,15H2,(H,26,29). The van der Waals surface area contributed by atoms with Crippen LogP contribution in [0.25, 0.3) is 0 Å². The van der Waals surface area contributed by atoms with Gasteiger partial charge in [0.25, 0.3) is 5.91 Å². The molecule has 1 aliphatic carbocycles. The molecule has 2 aromatic carbocycles. The monoisotopic (exact) mass is 420 g/mol. The lowest BCUT2D eigenvalue weighted by molar-refractivity contribution is -0.134. The lowest BCUT2D eigenvalue weighted by Gasteiger charge is -2.38. The van der Waals surface area contributed by atoms with Gasteiger partial charge in [-0.25, -0.2) is 0 Å². The molecule has 1 spiro atoms. The van der Waals surface area contributed by atoms with Gasteiger partial charge in [-0.1, -0.05) is 42.3 Å². The fourth-order valence-corrected chi connectivity index (χ4v) is 4.30. The van der Waals surface area contributed by atoms with Crippen LogP contribution in [0, 0.1) is 11.3 Å². The van der Waals surface area contributed by atoms with Crippen molar-refractivity contribution in [1.82, 2.24) is 4.90 Å². The highest BCUT2D eigenvalue weighted by Gasteiger charge is 2.48. The van der Waals surface area contributed by atoms with Gasteiger partial charge in [-0.3, -0.25) is 14.6 Å². The number of halogens is 1. The lowest BCUT2D eigenvalue weighted by atomic mass is 9.88. The largest absolute Gasteiger partial charge is 0.323 e. The number of nitrogens with zero attached hydrogens (tertiary/aromatic N) is 3. The number of nitriles is 1. The van der Waals surface area contributed by atoms with Gasteiger partial charge < -0.3 is 10.2 Å². The van der Waals surface area contributed by atoms with Crippen molar-refractivity contribution in [3.8, 4) is 6.07 Å². The van der Waals surface area contributed by atoms with Gasteiger partial charge in [0.1, 0.15) is 24.0 Å². The first-order chi connectivity index (χ1) is 14.5. The fraction of sp³-hybridized carbons (Fsp3) is 0.304. The number of benzene rings is 2. The Morgan fingerprint density at radius 3 is 2.53 bits per heavy atom. The highest BCUT2D eigenvalue weighted by atomic mass is 35.5. The summed E-state index contributed by atoms with van der Waals surface area (Å²) < 4.78 is 0. The van der Waals surface area contributed by atoms with Crippen LogP contribution in [0.3, 0.4) is 0 Å². The Morgan fingerprint density at radius 1 is 1.13 bits per heavy atom. The molecule has 2 aromatic rings. The zero-order chi connectivity index (χ0) is 21.1. The molecule has 1 saturated carbocycles. The molecule has 0 bridgehead atoms. The van der Waals surface area contributed by atoms with Gasteiger partial charge in [-0.15, -0.1) is 0 Å². The van der Waals surface area contributed by atoms with Crippen molar-refractivity contribution in [2.24, 2.45) is 4.99 Å². The molecule has 30 heavy (non-hydrogen) atoms. The number of nitrogens with one attached hydrogen (secondary N) is 1. The van der Waals surface area contributed by atoms with E-state index in [0.29, 0.717) is 27.5 Å². The highest BCUT2D eigenvalue weighted by Crippen LogP contribution is 2.39. The Morgan fingerprint density at radius 2 is 1.83 bits per heavy atom.